The van der Waals surface area contributed by atoms with Crippen molar-refractivity contribution < 1.29 is 0 Å². The van der Waals surface area contributed by atoms with Crippen LogP contribution in [0, 0.1) is 6.92 Å². The Kier molecular flexibility index (Phi) is 4.68. The van der Waals surface area contributed by atoms with Crippen LogP contribution in [0.5, 0.6) is 0 Å². The first-order chi connectivity index (χ1) is 10.8. The molecule has 1 aromatic carbocycles. The van der Waals surface area contributed by atoms with Gasteiger partial charge in [0.1, 0.15) is 16.5 Å². The van der Waals surface area contributed by atoms with Gasteiger partial charge in [-0.3, -0.25) is 0 Å². The zero-order valence-electron chi connectivity index (χ0n) is 13.0. The highest BCUT2D eigenvalue weighted by Crippen LogP contribution is 2.32. The highest BCUT2D eigenvalue weighted by atomic mass is 32.1. The fraction of sp³-hybridized carbons (Fsp3) is 0.333. The summed E-state index contributed by atoms with van der Waals surface area (Å²) in [5.74, 6) is 1.98. The van der Waals surface area contributed by atoms with Gasteiger partial charge in [0, 0.05) is 17.3 Å². The average Bonchev–Trinajstić information content (AvgIpc) is 3.28. The summed E-state index contributed by atoms with van der Waals surface area (Å²) in [7, 11) is 0. The Hall–Kier alpha value is -1.94. The molecule has 0 spiro atoms. The van der Waals surface area contributed by atoms with Crippen molar-refractivity contribution in [3.05, 3.63) is 53.2 Å². The van der Waals surface area contributed by atoms with Gasteiger partial charge in [-0.2, -0.15) is 0 Å². The lowest BCUT2D eigenvalue weighted by molar-refractivity contribution is 0.956. The largest absolute Gasteiger partial charge is 0.367 e. The molecule has 114 valence electrons. The summed E-state index contributed by atoms with van der Waals surface area (Å²) in [5, 5.41) is 4.69. The van der Waals surface area contributed by atoms with E-state index < -0.39 is 0 Å². The molecule has 1 N–H and O–H groups in total. The van der Waals surface area contributed by atoms with Gasteiger partial charge >= 0.3 is 0 Å². The molecule has 3 nitrogen and oxygen atoms in total. The topological polar surface area (TPSA) is 37.8 Å². The minimum Gasteiger partial charge on any atom is -0.367 e. The van der Waals surface area contributed by atoms with Gasteiger partial charge in [-0.15, -0.1) is 11.3 Å². The molecular formula is C18H21N3S. The highest BCUT2D eigenvalue weighted by molar-refractivity contribution is 7.18. The smallest absolute Gasteiger partial charge is 0.138 e. The van der Waals surface area contributed by atoms with E-state index in [9.17, 15) is 0 Å². The Labute approximate surface area is 135 Å². The van der Waals surface area contributed by atoms with Crippen molar-refractivity contribution in [2.75, 3.05) is 5.32 Å². The van der Waals surface area contributed by atoms with Crippen LogP contribution in [0.4, 0.5) is 5.82 Å². The lowest BCUT2D eigenvalue weighted by atomic mass is 10.3. The molecule has 2 heterocycles. The lowest BCUT2D eigenvalue weighted by Gasteiger charge is -2.06. The zero-order valence-corrected chi connectivity index (χ0v) is 13.9. The molecule has 4 rings (SSSR count). The van der Waals surface area contributed by atoms with Crippen LogP contribution in [0.15, 0.2) is 42.5 Å². The molecule has 0 saturated heterocycles. The van der Waals surface area contributed by atoms with Crippen LogP contribution < -0.4 is 5.32 Å². The first-order valence-corrected chi connectivity index (χ1v) is 8.61. The van der Waals surface area contributed by atoms with Crippen LogP contribution >= 0.6 is 11.3 Å². The number of aryl methyl sites for hydroxylation is 2. The van der Waals surface area contributed by atoms with E-state index in [1.807, 2.05) is 36.4 Å². The minimum atomic E-state index is 0.642. The summed E-state index contributed by atoms with van der Waals surface area (Å²) < 4.78 is 0. The van der Waals surface area contributed by atoms with Crippen molar-refractivity contribution in [2.24, 2.45) is 0 Å². The number of benzene rings is 1. The molecule has 1 aliphatic carbocycles. The van der Waals surface area contributed by atoms with Crippen LogP contribution in [-0.2, 0) is 6.42 Å². The Morgan fingerprint density at radius 1 is 1.09 bits per heavy atom. The molecule has 4 heteroatoms. The van der Waals surface area contributed by atoms with Gasteiger partial charge in [0.2, 0.25) is 0 Å². The minimum absolute atomic E-state index is 0.642. The van der Waals surface area contributed by atoms with Gasteiger partial charge in [-0.25, -0.2) is 9.97 Å². The van der Waals surface area contributed by atoms with E-state index in [1.165, 1.54) is 23.1 Å². The van der Waals surface area contributed by atoms with E-state index in [4.69, 9.17) is 0 Å². The maximum Gasteiger partial charge on any atom is 0.138 e. The summed E-state index contributed by atoms with van der Waals surface area (Å²) >= 11 is 1.75. The first kappa shape index (κ1) is 15.0. The second kappa shape index (κ2) is 6.88. The van der Waals surface area contributed by atoms with Crippen LogP contribution in [0.2, 0.25) is 0 Å². The van der Waals surface area contributed by atoms with Crippen LogP contribution in [0.25, 0.3) is 10.2 Å². The molecule has 0 amide bonds. The highest BCUT2D eigenvalue weighted by Gasteiger charge is 2.23. The van der Waals surface area contributed by atoms with E-state index in [1.54, 1.807) is 11.3 Å². The number of fused-ring (bicyclic) bond motifs is 1. The van der Waals surface area contributed by atoms with Crippen molar-refractivity contribution in [3.63, 3.8) is 0 Å². The molecule has 0 radical (unpaired) electrons. The van der Waals surface area contributed by atoms with Gasteiger partial charge in [-0.05, 0) is 25.8 Å². The Morgan fingerprint density at radius 3 is 2.27 bits per heavy atom. The normalized spacial score (nSPS) is 13.5. The summed E-state index contributed by atoms with van der Waals surface area (Å²) in [6.45, 7) is 4.22. The number of thiophene rings is 1. The van der Waals surface area contributed by atoms with E-state index in [0.29, 0.717) is 6.04 Å². The van der Waals surface area contributed by atoms with Gasteiger partial charge in [0.15, 0.2) is 0 Å². The third kappa shape index (κ3) is 3.83. The summed E-state index contributed by atoms with van der Waals surface area (Å²) in [6, 6.07) is 14.8. The van der Waals surface area contributed by atoms with Crippen molar-refractivity contribution in [1.29, 1.82) is 0 Å². The summed E-state index contributed by atoms with van der Waals surface area (Å²) in [5.41, 5.74) is 0. The number of anilines is 1. The quantitative estimate of drug-likeness (QED) is 0.753. The molecule has 3 aromatic rings. The molecular weight excluding hydrogens is 290 g/mol. The van der Waals surface area contributed by atoms with Gasteiger partial charge in [0.25, 0.3) is 0 Å². The number of hydrogen-bond donors (Lipinski definition) is 1. The van der Waals surface area contributed by atoms with Crippen molar-refractivity contribution >= 4 is 27.4 Å². The maximum absolute atomic E-state index is 4.60. The Bertz CT molecular complexity index is 706. The van der Waals surface area contributed by atoms with Crippen LogP contribution in [-0.4, -0.2) is 16.0 Å². The predicted octanol–water partition coefficient (Wildman–Crippen LogP) is 4.82. The maximum atomic E-state index is 4.60. The Morgan fingerprint density at radius 2 is 1.73 bits per heavy atom. The standard InChI is InChI=1S/C12H15N3S.C6H6/c1-3-10-14-11(13-8-4-5-8)9-6-7(2)16-12(9)15-10;1-2-4-6-5-3-1/h6,8H,3-5H2,1-2H3,(H,13,14,15);1-6H. The molecule has 1 saturated carbocycles. The number of hydrogen-bond acceptors (Lipinski definition) is 4. The second-order valence-corrected chi connectivity index (χ2v) is 6.73. The summed E-state index contributed by atoms with van der Waals surface area (Å²) in [4.78, 5) is 11.6. The fourth-order valence-electron chi connectivity index (χ4n) is 2.16. The van der Waals surface area contributed by atoms with Gasteiger partial charge in [-0.1, -0.05) is 43.3 Å². The first-order valence-electron chi connectivity index (χ1n) is 7.80. The van der Waals surface area contributed by atoms with Crippen LogP contribution in [0.1, 0.15) is 30.5 Å². The number of aromatic nitrogens is 2. The average molecular weight is 311 g/mol. The number of rotatable bonds is 3. The molecule has 0 bridgehead atoms. The second-order valence-electron chi connectivity index (χ2n) is 5.49. The number of nitrogens with one attached hydrogen (secondary N) is 1. The fourth-order valence-corrected chi connectivity index (χ4v) is 3.06. The Balaban J connectivity index is 0.000000202. The van der Waals surface area contributed by atoms with Crippen molar-refractivity contribution in [3.8, 4) is 0 Å². The SMILES string of the molecule is CCc1nc(NC2CC2)c2cc(C)sc2n1.c1ccccc1. The van der Waals surface area contributed by atoms with Gasteiger partial charge < -0.3 is 5.32 Å². The van der Waals surface area contributed by atoms with Crippen molar-refractivity contribution in [1.82, 2.24) is 9.97 Å². The van der Waals surface area contributed by atoms with E-state index in [0.717, 1.165) is 22.9 Å². The predicted molar refractivity (Wildman–Crippen MR) is 94.6 cm³/mol. The van der Waals surface area contributed by atoms with E-state index in [-0.39, 0.29) is 0 Å². The van der Waals surface area contributed by atoms with E-state index >= 15 is 0 Å². The van der Waals surface area contributed by atoms with Crippen LogP contribution in [0.3, 0.4) is 0 Å². The molecule has 2 aromatic heterocycles. The molecule has 22 heavy (non-hydrogen) atoms. The monoisotopic (exact) mass is 311 g/mol. The molecule has 0 atom stereocenters. The van der Waals surface area contributed by atoms with E-state index in [2.05, 4.69) is 35.2 Å². The lowest BCUT2D eigenvalue weighted by Crippen LogP contribution is -2.05. The zero-order chi connectivity index (χ0) is 15.4. The third-order valence-electron chi connectivity index (χ3n) is 3.46. The molecule has 1 fully saturated rings. The molecule has 0 unspecified atom stereocenters. The molecule has 1 aliphatic rings. The third-order valence-corrected chi connectivity index (χ3v) is 4.41. The van der Waals surface area contributed by atoms with Gasteiger partial charge in [0.05, 0.1) is 5.39 Å². The summed E-state index contributed by atoms with van der Waals surface area (Å²) in [6.07, 6.45) is 3.44. The number of nitrogens with zero attached hydrogens (tertiary/aromatic N) is 2. The molecule has 0 aliphatic heterocycles. The van der Waals surface area contributed by atoms with Crippen molar-refractivity contribution in [2.45, 2.75) is 39.2 Å².